The number of amides is 1. The molecule has 0 saturated carbocycles. The van der Waals surface area contributed by atoms with Gasteiger partial charge in [0.15, 0.2) is 6.10 Å². The van der Waals surface area contributed by atoms with E-state index in [1.165, 1.54) is 14.2 Å². The number of methoxy groups -OCH3 is 2. The van der Waals surface area contributed by atoms with Crippen LogP contribution in [0.15, 0.2) is 30.3 Å². The number of esters is 1. The monoisotopic (exact) mass is 251 g/mol. The molecular formula is C13H17NO4. The molecule has 0 saturated heterocycles. The summed E-state index contributed by atoms with van der Waals surface area (Å²) in [6, 6.07) is 8.36. The average Bonchev–Trinajstić information content (AvgIpc) is 2.39. The van der Waals surface area contributed by atoms with Crippen molar-refractivity contribution >= 4 is 11.9 Å². The van der Waals surface area contributed by atoms with Gasteiger partial charge in [-0.1, -0.05) is 30.3 Å². The summed E-state index contributed by atoms with van der Waals surface area (Å²) in [6.45, 7) is 1.56. The molecule has 0 unspecified atom stereocenters. The zero-order chi connectivity index (χ0) is 13.5. The quantitative estimate of drug-likeness (QED) is 0.794. The fourth-order valence-corrected chi connectivity index (χ4v) is 1.55. The molecule has 18 heavy (non-hydrogen) atoms. The zero-order valence-electron chi connectivity index (χ0n) is 10.7. The molecule has 5 nitrogen and oxygen atoms in total. The van der Waals surface area contributed by atoms with E-state index in [0.717, 1.165) is 5.56 Å². The van der Waals surface area contributed by atoms with Crippen molar-refractivity contribution in [3.8, 4) is 0 Å². The normalized spacial score (nSPS) is 13.5. The maximum atomic E-state index is 12.0. The average molecular weight is 251 g/mol. The third-order valence-corrected chi connectivity index (χ3v) is 2.49. The number of hydrogen-bond donors (Lipinski definition) is 1. The Morgan fingerprint density at radius 3 is 2.28 bits per heavy atom. The Bertz CT molecular complexity index is 405. The molecule has 0 aliphatic carbocycles. The van der Waals surface area contributed by atoms with Crippen molar-refractivity contribution in [2.75, 3.05) is 14.2 Å². The molecule has 0 spiro atoms. The van der Waals surface area contributed by atoms with E-state index in [1.54, 1.807) is 19.1 Å². The van der Waals surface area contributed by atoms with E-state index < -0.39 is 18.1 Å². The number of nitrogens with one attached hydrogen (secondary N) is 1. The van der Waals surface area contributed by atoms with Gasteiger partial charge in [-0.3, -0.25) is 4.79 Å². The molecule has 0 aromatic heterocycles. The van der Waals surface area contributed by atoms with Gasteiger partial charge in [0.25, 0.3) is 5.91 Å². The van der Waals surface area contributed by atoms with Crippen LogP contribution in [0.4, 0.5) is 0 Å². The maximum absolute atomic E-state index is 12.0. The van der Waals surface area contributed by atoms with E-state index in [1.807, 2.05) is 18.2 Å². The van der Waals surface area contributed by atoms with Gasteiger partial charge in [-0.25, -0.2) is 4.79 Å². The predicted molar refractivity (Wildman–Crippen MR) is 65.8 cm³/mol. The highest BCUT2D eigenvalue weighted by atomic mass is 16.5. The summed E-state index contributed by atoms with van der Waals surface area (Å²) in [5.74, 6) is -0.868. The van der Waals surface area contributed by atoms with E-state index in [9.17, 15) is 9.59 Å². The minimum Gasteiger partial charge on any atom is -0.467 e. The Labute approximate surface area is 106 Å². The van der Waals surface area contributed by atoms with E-state index in [4.69, 9.17) is 4.74 Å². The molecule has 98 valence electrons. The van der Waals surface area contributed by atoms with Crippen LogP contribution in [-0.4, -0.2) is 32.1 Å². The van der Waals surface area contributed by atoms with Crippen molar-refractivity contribution in [2.45, 2.75) is 19.1 Å². The molecule has 0 bridgehead atoms. The molecule has 5 heteroatoms. The number of rotatable bonds is 5. The molecular weight excluding hydrogens is 234 g/mol. The van der Waals surface area contributed by atoms with Crippen LogP contribution in [0.2, 0.25) is 0 Å². The van der Waals surface area contributed by atoms with Crippen LogP contribution < -0.4 is 5.32 Å². The molecule has 0 radical (unpaired) electrons. The molecule has 1 rings (SSSR count). The Morgan fingerprint density at radius 1 is 1.17 bits per heavy atom. The lowest BCUT2D eigenvalue weighted by Crippen LogP contribution is -2.42. The molecule has 1 N–H and O–H groups in total. The second-order valence-corrected chi connectivity index (χ2v) is 3.78. The molecule has 0 heterocycles. The maximum Gasteiger partial charge on any atom is 0.328 e. The summed E-state index contributed by atoms with van der Waals surface area (Å²) in [6.07, 6.45) is -0.738. The fourth-order valence-electron chi connectivity index (χ4n) is 1.55. The SMILES string of the molecule is COC(=O)[C@H](C)NC(=O)[C@@H](OC)c1ccccc1. The molecule has 2 atom stereocenters. The van der Waals surface area contributed by atoms with Gasteiger partial charge in [0.1, 0.15) is 6.04 Å². The van der Waals surface area contributed by atoms with E-state index in [2.05, 4.69) is 10.1 Å². The fraction of sp³-hybridized carbons (Fsp3) is 0.385. The van der Waals surface area contributed by atoms with Crippen molar-refractivity contribution in [3.05, 3.63) is 35.9 Å². The summed E-state index contributed by atoms with van der Waals surface area (Å²) < 4.78 is 9.69. The molecule has 0 aliphatic rings. The summed E-state index contributed by atoms with van der Waals surface area (Å²) in [5, 5.41) is 2.54. The highest BCUT2D eigenvalue weighted by Gasteiger charge is 2.24. The Morgan fingerprint density at radius 2 is 1.78 bits per heavy atom. The van der Waals surface area contributed by atoms with Gasteiger partial charge >= 0.3 is 5.97 Å². The van der Waals surface area contributed by atoms with Crippen molar-refractivity contribution in [3.63, 3.8) is 0 Å². The van der Waals surface area contributed by atoms with Crippen molar-refractivity contribution in [1.82, 2.24) is 5.32 Å². The number of hydrogen-bond acceptors (Lipinski definition) is 4. The van der Waals surface area contributed by atoms with Crippen LogP contribution in [0.1, 0.15) is 18.6 Å². The predicted octanol–water partition coefficient (Wildman–Crippen LogP) is 1.05. The topological polar surface area (TPSA) is 64.6 Å². The second kappa shape index (κ2) is 6.76. The van der Waals surface area contributed by atoms with Gasteiger partial charge < -0.3 is 14.8 Å². The van der Waals surface area contributed by atoms with Crippen molar-refractivity contribution in [1.29, 1.82) is 0 Å². The van der Waals surface area contributed by atoms with Crippen LogP contribution in [0.5, 0.6) is 0 Å². The van der Waals surface area contributed by atoms with Crippen LogP contribution in [0.25, 0.3) is 0 Å². The van der Waals surface area contributed by atoms with E-state index in [0.29, 0.717) is 0 Å². The minimum atomic E-state index is -0.738. The first-order valence-corrected chi connectivity index (χ1v) is 5.56. The lowest BCUT2D eigenvalue weighted by molar-refractivity contribution is -0.146. The van der Waals surface area contributed by atoms with Gasteiger partial charge in [0, 0.05) is 7.11 Å². The molecule has 1 aromatic carbocycles. The number of benzene rings is 1. The Hall–Kier alpha value is -1.88. The minimum absolute atomic E-state index is 0.374. The summed E-state index contributed by atoms with van der Waals surface area (Å²) >= 11 is 0. The van der Waals surface area contributed by atoms with Gasteiger partial charge in [-0.05, 0) is 12.5 Å². The van der Waals surface area contributed by atoms with Crippen LogP contribution in [-0.2, 0) is 19.1 Å². The summed E-state index contributed by atoms with van der Waals surface area (Å²) in [5.41, 5.74) is 0.731. The van der Waals surface area contributed by atoms with Crippen LogP contribution in [0.3, 0.4) is 0 Å². The highest BCUT2D eigenvalue weighted by molar-refractivity contribution is 5.87. The number of carbonyl (C=O) groups is 2. The molecule has 1 aromatic rings. The van der Waals surface area contributed by atoms with Crippen molar-refractivity contribution < 1.29 is 19.1 Å². The van der Waals surface area contributed by atoms with Gasteiger partial charge in [-0.2, -0.15) is 0 Å². The molecule has 0 fully saturated rings. The van der Waals surface area contributed by atoms with Gasteiger partial charge in [-0.15, -0.1) is 0 Å². The highest BCUT2D eigenvalue weighted by Crippen LogP contribution is 2.16. The number of ether oxygens (including phenoxy) is 2. The first-order valence-electron chi connectivity index (χ1n) is 5.56. The summed E-state index contributed by atoms with van der Waals surface area (Å²) in [7, 11) is 2.72. The van der Waals surface area contributed by atoms with E-state index in [-0.39, 0.29) is 5.91 Å². The van der Waals surface area contributed by atoms with E-state index >= 15 is 0 Å². The Kier molecular flexibility index (Phi) is 5.32. The zero-order valence-corrected chi connectivity index (χ0v) is 10.7. The third-order valence-electron chi connectivity index (χ3n) is 2.49. The lowest BCUT2D eigenvalue weighted by Gasteiger charge is -2.18. The lowest BCUT2D eigenvalue weighted by atomic mass is 10.1. The largest absolute Gasteiger partial charge is 0.467 e. The van der Waals surface area contributed by atoms with Crippen molar-refractivity contribution in [2.24, 2.45) is 0 Å². The smallest absolute Gasteiger partial charge is 0.328 e. The van der Waals surface area contributed by atoms with Gasteiger partial charge in [0.2, 0.25) is 0 Å². The first kappa shape index (κ1) is 14.2. The molecule has 0 aliphatic heterocycles. The molecule has 1 amide bonds. The third kappa shape index (κ3) is 3.56. The standard InChI is InChI=1S/C13H17NO4/c1-9(13(16)18-3)14-12(15)11(17-2)10-7-5-4-6-8-10/h4-9,11H,1-3H3,(H,14,15)/t9-,11-/m0/s1. The Balaban J connectivity index is 2.72. The van der Waals surface area contributed by atoms with Crippen LogP contribution in [0, 0.1) is 0 Å². The summed E-state index contributed by atoms with van der Waals surface area (Å²) in [4.78, 5) is 23.2. The van der Waals surface area contributed by atoms with Crippen LogP contribution >= 0.6 is 0 Å². The van der Waals surface area contributed by atoms with Gasteiger partial charge in [0.05, 0.1) is 7.11 Å². The number of carbonyl (C=O) groups excluding carboxylic acids is 2. The first-order chi connectivity index (χ1) is 8.60. The second-order valence-electron chi connectivity index (χ2n) is 3.78.